The summed E-state index contributed by atoms with van der Waals surface area (Å²) in [5.74, 6) is 1.58. The highest BCUT2D eigenvalue weighted by atomic mass is 16.6. The van der Waals surface area contributed by atoms with Gasteiger partial charge in [-0.2, -0.15) is 0 Å². The Morgan fingerprint density at radius 3 is 2.42 bits per heavy atom. The molecule has 2 N–H and O–H groups in total. The van der Waals surface area contributed by atoms with E-state index in [0.29, 0.717) is 13.1 Å². The van der Waals surface area contributed by atoms with Gasteiger partial charge in [0.15, 0.2) is 0 Å². The molecule has 4 aromatic rings. The minimum Gasteiger partial charge on any atom is -0.444 e. The molecule has 48 heavy (non-hydrogen) atoms. The van der Waals surface area contributed by atoms with Crippen LogP contribution in [-0.4, -0.2) is 66.2 Å². The zero-order valence-corrected chi connectivity index (χ0v) is 29.2. The fourth-order valence-electron chi connectivity index (χ4n) is 6.62. The van der Waals surface area contributed by atoms with Gasteiger partial charge in [-0.3, -0.25) is 9.80 Å². The second-order valence-corrected chi connectivity index (χ2v) is 15.2. The van der Waals surface area contributed by atoms with Crippen LogP contribution in [0.15, 0.2) is 54.7 Å². The number of hydrogen-bond acceptors (Lipinski definition) is 6. The van der Waals surface area contributed by atoms with Gasteiger partial charge in [0.25, 0.3) is 0 Å². The first-order chi connectivity index (χ1) is 22.7. The van der Waals surface area contributed by atoms with E-state index in [2.05, 4.69) is 65.4 Å². The summed E-state index contributed by atoms with van der Waals surface area (Å²) in [6, 6.07) is 14.5. The van der Waals surface area contributed by atoms with Crippen LogP contribution in [-0.2, 0) is 21.4 Å². The first-order valence-corrected chi connectivity index (χ1v) is 17.0. The molecule has 10 heteroatoms. The van der Waals surface area contributed by atoms with E-state index in [-0.39, 0.29) is 18.2 Å². The van der Waals surface area contributed by atoms with E-state index in [1.54, 1.807) is 9.80 Å². The predicted octanol–water partition coefficient (Wildman–Crippen LogP) is 8.53. The van der Waals surface area contributed by atoms with Crippen molar-refractivity contribution in [3.05, 3.63) is 77.5 Å². The zero-order valence-electron chi connectivity index (χ0n) is 29.2. The molecule has 4 heterocycles. The van der Waals surface area contributed by atoms with E-state index in [1.165, 1.54) is 5.56 Å². The molecular formula is C38H48N6O4. The number of aromatic nitrogens is 4. The third-order valence-corrected chi connectivity index (χ3v) is 8.99. The molecule has 254 valence electrons. The van der Waals surface area contributed by atoms with Crippen LogP contribution < -0.4 is 0 Å². The van der Waals surface area contributed by atoms with Crippen molar-refractivity contribution >= 4 is 29.3 Å². The number of fused-ring (bicyclic) bond motifs is 1. The summed E-state index contributed by atoms with van der Waals surface area (Å²) in [4.78, 5) is 45.8. The molecule has 2 atom stereocenters. The maximum Gasteiger partial charge on any atom is 0.411 e. The number of amides is 2. The lowest BCUT2D eigenvalue weighted by Gasteiger charge is -2.34. The van der Waals surface area contributed by atoms with Crippen LogP contribution in [0.4, 0.5) is 9.59 Å². The molecule has 10 nitrogen and oxygen atoms in total. The fourth-order valence-corrected chi connectivity index (χ4v) is 6.62. The van der Waals surface area contributed by atoms with Gasteiger partial charge in [0.05, 0.1) is 29.0 Å². The molecule has 0 bridgehead atoms. The minimum atomic E-state index is -0.550. The van der Waals surface area contributed by atoms with Gasteiger partial charge in [-0.05, 0) is 109 Å². The first-order valence-electron chi connectivity index (χ1n) is 17.0. The normalized spacial score (nSPS) is 20.3. The predicted molar refractivity (Wildman–Crippen MR) is 187 cm³/mol. The van der Waals surface area contributed by atoms with Crippen LogP contribution in [0.2, 0.25) is 0 Å². The maximum atomic E-state index is 13.0. The smallest absolute Gasteiger partial charge is 0.411 e. The van der Waals surface area contributed by atoms with Crippen molar-refractivity contribution < 1.29 is 19.1 Å². The lowest BCUT2D eigenvalue weighted by Crippen LogP contribution is -2.46. The average molecular weight is 653 g/mol. The molecule has 2 aliphatic rings. The highest BCUT2D eigenvalue weighted by Gasteiger charge is 2.45. The number of likely N-dealkylation sites (tertiary alicyclic amines) is 2. The van der Waals surface area contributed by atoms with E-state index < -0.39 is 16.7 Å². The second-order valence-electron chi connectivity index (χ2n) is 15.2. The summed E-state index contributed by atoms with van der Waals surface area (Å²) < 4.78 is 11.3. The number of H-pyrrole nitrogens is 2. The summed E-state index contributed by atoms with van der Waals surface area (Å²) in [6.07, 6.45) is 9.82. The van der Waals surface area contributed by atoms with Crippen LogP contribution in [0.3, 0.4) is 0 Å². The molecule has 0 radical (unpaired) electrons. The molecular weight excluding hydrogens is 604 g/mol. The van der Waals surface area contributed by atoms with E-state index >= 15 is 0 Å². The molecule has 2 fully saturated rings. The van der Waals surface area contributed by atoms with Gasteiger partial charge in [0.1, 0.15) is 28.4 Å². The molecule has 2 aromatic carbocycles. The Hall–Kier alpha value is -4.60. The van der Waals surface area contributed by atoms with E-state index in [9.17, 15) is 9.59 Å². The lowest BCUT2D eigenvalue weighted by atomic mass is 9.98. The largest absolute Gasteiger partial charge is 0.444 e. The number of imidazole rings is 2. The van der Waals surface area contributed by atoms with Crippen molar-refractivity contribution in [2.24, 2.45) is 0 Å². The van der Waals surface area contributed by atoms with Crippen molar-refractivity contribution in [1.82, 2.24) is 29.7 Å². The van der Waals surface area contributed by atoms with Gasteiger partial charge in [0.2, 0.25) is 0 Å². The summed E-state index contributed by atoms with van der Waals surface area (Å²) in [7, 11) is 0. The Morgan fingerprint density at radius 1 is 0.958 bits per heavy atom. The summed E-state index contributed by atoms with van der Waals surface area (Å²) in [5, 5.41) is 0. The topological polar surface area (TPSA) is 116 Å². The van der Waals surface area contributed by atoms with Crippen molar-refractivity contribution in [2.45, 2.75) is 103 Å². The number of carbonyl (C=O) groups excluding carboxylic acids is 2. The Morgan fingerprint density at radius 2 is 1.69 bits per heavy atom. The third-order valence-electron chi connectivity index (χ3n) is 8.99. The average Bonchev–Trinajstić information content (AvgIpc) is 3.81. The van der Waals surface area contributed by atoms with Crippen LogP contribution >= 0.6 is 0 Å². The number of carbonyl (C=O) groups is 2. The molecule has 0 unspecified atom stereocenters. The number of nitrogens with one attached hydrogen (secondary N) is 2. The number of allylic oxidation sites excluding steroid dienone is 1. The molecule has 2 aliphatic heterocycles. The van der Waals surface area contributed by atoms with Crippen LogP contribution in [0.25, 0.3) is 28.4 Å². The van der Waals surface area contributed by atoms with Gasteiger partial charge >= 0.3 is 12.2 Å². The van der Waals surface area contributed by atoms with Crippen LogP contribution in [0.5, 0.6) is 0 Å². The second kappa shape index (κ2) is 12.8. The van der Waals surface area contributed by atoms with Gasteiger partial charge in [-0.25, -0.2) is 19.6 Å². The van der Waals surface area contributed by atoms with Crippen molar-refractivity contribution in [2.75, 3.05) is 13.1 Å². The standard InChI is InChI=1S/C38H48N6O4/c1-36(2,3)47-34(45)43-21-9-13-31(43)32-40-28-19-16-26(23-29(28)41-32)12-8-11-25-14-17-27(18-15-25)30-24-39-33(42-30)38(7)20-10-22-44(38)35(46)48-37(4,5)6/h8,11,14-19,23-24,31H,9-10,12-13,20-22H2,1-7H3,(H,39,42)(H,40,41)/b11-8+/t31-,38+/m0/s1. The number of aromatic amines is 2. The van der Waals surface area contributed by atoms with E-state index in [4.69, 9.17) is 19.4 Å². The molecule has 0 spiro atoms. The number of nitrogens with zero attached hydrogens (tertiary/aromatic N) is 4. The van der Waals surface area contributed by atoms with Gasteiger partial charge < -0.3 is 19.4 Å². The van der Waals surface area contributed by atoms with Crippen LogP contribution in [0, 0.1) is 0 Å². The van der Waals surface area contributed by atoms with Gasteiger partial charge in [0, 0.05) is 13.1 Å². The van der Waals surface area contributed by atoms with E-state index in [0.717, 1.165) is 71.6 Å². The highest BCUT2D eigenvalue weighted by molar-refractivity contribution is 5.77. The minimum absolute atomic E-state index is 0.107. The van der Waals surface area contributed by atoms with Crippen molar-refractivity contribution in [3.63, 3.8) is 0 Å². The Balaban J connectivity index is 1.08. The van der Waals surface area contributed by atoms with Crippen LogP contribution in [0.1, 0.15) is 103 Å². The third kappa shape index (κ3) is 7.27. The Labute approximate surface area is 282 Å². The fraction of sp³-hybridized carbons (Fsp3) is 0.474. The maximum absolute atomic E-state index is 13.0. The van der Waals surface area contributed by atoms with Crippen molar-refractivity contribution in [1.29, 1.82) is 0 Å². The Bertz CT molecular complexity index is 1810. The quantitative estimate of drug-likeness (QED) is 0.216. The van der Waals surface area contributed by atoms with Gasteiger partial charge in [-0.1, -0.05) is 42.5 Å². The summed E-state index contributed by atoms with van der Waals surface area (Å²) >= 11 is 0. The summed E-state index contributed by atoms with van der Waals surface area (Å²) in [5.41, 5.74) is 4.46. The first kappa shape index (κ1) is 33.3. The lowest BCUT2D eigenvalue weighted by molar-refractivity contribution is 0.00858. The monoisotopic (exact) mass is 652 g/mol. The summed E-state index contributed by atoms with van der Waals surface area (Å²) in [6.45, 7) is 14.7. The molecule has 2 saturated heterocycles. The number of rotatable bonds is 6. The molecule has 6 rings (SSSR count). The molecule has 2 aromatic heterocycles. The molecule has 0 aliphatic carbocycles. The zero-order chi connectivity index (χ0) is 34.3. The number of ether oxygens (including phenoxy) is 2. The highest BCUT2D eigenvalue weighted by Crippen LogP contribution is 2.39. The molecule has 2 amide bonds. The van der Waals surface area contributed by atoms with E-state index in [1.807, 2.05) is 53.8 Å². The van der Waals surface area contributed by atoms with Crippen molar-refractivity contribution in [3.8, 4) is 11.3 Å². The number of hydrogen-bond donors (Lipinski definition) is 2. The van der Waals surface area contributed by atoms with Gasteiger partial charge in [-0.15, -0.1) is 0 Å². The number of benzene rings is 2. The SMILES string of the molecule is CC(C)(C)OC(=O)N1CCC[C@H]1c1nc2ccc(C/C=C/c3ccc(-c4cnc([C@@]5(C)CCCN5C(=O)OC(C)(C)C)[nH]4)cc3)cc2[nH]1. The Kier molecular flexibility index (Phi) is 8.87. The molecule has 0 saturated carbocycles.